The molecular weight excluding hydrogens is 168 g/mol. The van der Waals surface area contributed by atoms with Crippen LogP contribution >= 0.6 is 0 Å². The quantitative estimate of drug-likeness (QED) is 0.653. The highest BCUT2D eigenvalue weighted by Crippen LogP contribution is 1.89. The van der Waals surface area contributed by atoms with Crippen molar-refractivity contribution in [3.8, 4) is 0 Å². The molecule has 1 aromatic heterocycles. The van der Waals surface area contributed by atoms with E-state index in [4.69, 9.17) is 0 Å². The summed E-state index contributed by atoms with van der Waals surface area (Å²) in [6.07, 6.45) is 2.83. The fourth-order valence-electron chi connectivity index (χ4n) is 0.991. The van der Waals surface area contributed by atoms with Crippen LogP contribution in [0.2, 0.25) is 0 Å². The Balaban J connectivity index is 2.83. The number of aromatic nitrogens is 1. The largest absolute Gasteiger partial charge is 0.378 e. The molecule has 1 rings (SSSR count). The summed E-state index contributed by atoms with van der Waals surface area (Å²) in [4.78, 5) is 21.2. The lowest BCUT2D eigenvalue weighted by Gasteiger charge is -2.01. The second-order valence-corrected chi connectivity index (χ2v) is 2.59. The van der Waals surface area contributed by atoms with Crippen LogP contribution < -0.4 is 10.9 Å². The molecule has 0 aliphatic carbocycles. The third kappa shape index (κ3) is 2.32. The van der Waals surface area contributed by atoms with Gasteiger partial charge in [0.2, 0.25) is 0 Å². The molecule has 0 atom stereocenters. The highest BCUT2D eigenvalue weighted by molar-refractivity contribution is 5.43. The van der Waals surface area contributed by atoms with Crippen LogP contribution in [-0.4, -0.2) is 10.5 Å². The van der Waals surface area contributed by atoms with Crippen LogP contribution in [0.25, 0.3) is 0 Å². The van der Waals surface area contributed by atoms with Crippen LogP contribution in [0.1, 0.15) is 5.56 Å². The SMILES string of the molecule is Cn1cccc(CNC=C=O)c1=O. The molecule has 68 valence electrons. The zero-order valence-corrected chi connectivity index (χ0v) is 7.28. The maximum absolute atomic E-state index is 11.4. The Hall–Kier alpha value is -1.80. The highest BCUT2D eigenvalue weighted by atomic mass is 16.1. The zero-order valence-electron chi connectivity index (χ0n) is 7.28. The Morgan fingerprint density at radius 3 is 3.15 bits per heavy atom. The minimum Gasteiger partial charge on any atom is -0.378 e. The van der Waals surface area contributed by atoms with Gasteiger partial charge >= 0.3 is 0 Å². The molecule has 1 heterocycles. The van der Waals surface area contributed by atoms with Crippen LogP contribution in [0.4, 0.5) is 0 Å². The summed E-state index contributed by atoms with van der Waals surface area (Å²) in [5, 5.41) is 2.66. The van der Waals surface area contributed by atoms with Crippen LogP contribution in [0.15, 0.2) is 29.3 Å². The van der Waals surface area contributed by atoms with Crippen molar-refractivity contribution in [2.24, 2.45) is 7.05 Å². The van der Waals surface area contributed by atoms with Crippen molar-refractivity contribution < 1.29 is 4.79 Å². The molecule has 1 N–H and O–H groups in total. The summed E-state index contributed by atoms with van der Waals surface area (Å²) in [6.45, 7) is 0.350. The van der Waals surface area contributed by atoms with Crippen LogP contribution in [-0.2, 0) is 18.4 Å². The first kappa shape index (κ1) is 9.29. The standard InChI is InChI=1S/C9H10N2O2/c1-11-5-2-3-8(9(11)13)7-10-4-6-12/h2-5,10H,7H2,1H3. The molecule has 4 heteroatoms. The van der Waals surface area contributed by atoms with Gasteiger partial charge in [-0.1, -0.05) is 6.07 Å². The van der Waals surface area contributed by atoms with Crippen molar-refractivity contribution in [2.75, 3.05) is 0 Å². The van der Waals surface area contributed by atoms with E-state index < -0.39 is 0 Å². The maximum Gasteiger partial charge on any atom is 0.255 e. The minimum absolute atomic E-state index is 0.0608. The van der Waals surface area contributed by atoms with E-state index in [9.17, 15) is 9.59 Å². The molecule has 1 aromatic rings. The first-order valence-corrected chi connectivity index (χ1v) is 3.83. The average Bonchev–Trinajstić information content (AvgIpc) is 2.13. The monoisotopic (exact) mass is 178 g/mol. The molecule has 0 amide bonds. The summed E-state index contributed by atoms with van der Waals surface area (Å²) < 4.78 is 1.49. The minimum atomic E-state index is -0.0608. The number of hydrogen-bond acceptors (Lipinski definition) is 3. The summed E-state index contributed by atoms with van der Waals surface area (Å²) >= 11 is 0. The number of pyridine rings is 1. The summed E-state index contributed by atoms with van der Waals surface area (Å²) in [5.74, 6) is 1.58. The number of hydrogen-bond donors (Lipinski definition) is 1. The predicted octanol–water partition coefficient (Wildman–Crippen LogP) is -0.180. The number of aryl methyl sites for hydroxylation is 1. The topological polar surface area (TPSA) is 51.1 Å². The van der Waals surface area contributed by atoms with Crippen molar-refractivity contribution >= 4 is 5.94 Å². The molecule has 0 aliphatic heterocycles. The van der Waals surface area contributed by atoms with Gasteiger partial charge in [-0.15, -0.1) is 0 Å². The molecule has 0 saturated carbocycles. The van der Waals surface area contributed by atoms with Gasteiger partial charge in [-0.3, -0.25) is 4.79 Å². The molecule has 0 saturated heterocycles. The Bertz CT molecular complexity index is 389. The Kier molecular flexibility index (Phi) is 3.06. The lowest BCUT2D eigenvalue weighted by Crippen LogP contribution is -2.23. The van der Waals surface area contributed by atoms with Gasteiger partial charge in [0.05, 0.1) is 6.20 Å². The molecule has 0 radical (unpaired) electrons. The van der Waals surface area contributed by atoms with Crippen molar-refractivity contribution in [3.05, 3.63) is 40.4 Å². The van der Waals surface area contributed by atoms with Crippen molar-refractivity contribution in [2.45, 2.75) is 6.54 Å². The van der Waals surface area contributed by atoms with Gasteiger partial charge in [-0.05, 0) is 6.07 Å². The number of nitrogens with zero attached hydrogens (tertiary/aromatic N) is 1. The molecular formula is C9H10N2O2. The molecule has 0 bridgehead atoms. The maximum atomic E-state index is 11.4. The molecule has 13 heavy (non-hydrogen) atoms. The van der Waals surface area contributed by atoms with Crippen LogP contribution in [0, 0.1) is 0 Å². The van der Waals surface area contributed by atoms with Gasteiger partial charge in [-0.2, -0.15) is 0 Å². The van der Waals surface area contributed by atoms with E-state index in [2.05, 4.69) is 5.32 Å². The van der Waals surface area contributed by atoms with E-state index in [1.807, 2.05) is 0 Å². The molecule has 4 nitrogen and oxygen atoms in total. The van der Waals surface area contributed by atoms with Gasteiger partial charge in [0.1, 0.15) is 5.94 Å². The lowest BCUT2D eigenvalue weighted by atomic mass is 10.3. The van der Waals surface area contributed by atoms with Gasteiger partial charge in [0, 0.05) is 25.4 Å². The zero-order chi connectivity index (χ0) is 9.68. The highest BCUT2D eigenvalue weighted by Gasteiger charge is 1.97. The summed E-state index contributed by atoms with van der Waals surface area (Å²) in [6, 6.07) is 3.50. The number of nitrogens with one attached hydrogen (secondary N) is 1. The fourth-order valence-corrected chi connectivity index (χ4v) is 0.991. The van der Waals surface area contributed by atoms with Gasteiger partial charge in [0.25, 0.3) is 5.56 Å². The lowest BCUT2D eigenvalue weighted by molar-refractivity contribution is 0.567. The molecule has 0 aliphatic rings. The third-order valence-corrected chi connectivity index (χ3v) is 1.66. The van der Waals surface area contributed by atoms with Gasteiger partial charge < -0.3 is 9.88 Å². The Morgan fingerprint density at radius 2 is 2.46 bits per heavy atom. The van der Waals surface area contributed by atoms with E-state index in [0.29, 0.717) is 12.1 Å². The normalized spacial score (nSPS) is 9.00. The predicted molar refractivity (Wildman–Crippen MR) is 48.8 cm³/mol. The third-order valence-electron chi connectivity index (χ3n) is 1.66. The second kappa shape index (κ2) is 4.28. The van der Waals surface area contributed by atoms with Crippen molar-refractivity contribution in [1.29, 1.82) is 0 Å². The molecule has 0 unspecified atom stereocenters. The van der Waals surface area contributed by atoms with E-state index in [0.717, 1.165) is 6.20 Å². The first-order chi connectivity index (χ1) is 6.25. The molecule has 0 spiro atoms. The van der Waals surface area contributed by atoms with E-state index >= 15 is 0 Å². The van der Waals surface area contributed by atoms with Gasteiger partial charge in [0.15, 0.2) is 0 Å². The van der Waals surface area contributed by atoms with E-state index in [-0.39, 0.29) is 5.56 Å². The fraction of sp³-hybridized carbons (Fsp3) is 0.222. The average molecular weight is 178 g/mol. The van der Waals surface area contributed by atoms with Crippen LogP contribution in [0.5, 0.6) is 0 Å². The van der Waals surface area contributed by atoms with Crippen molar-refractivity contribution in [3.63, 3.8) is 0 Å². The summed E-state index contributed by atoms with van der Waals surface area (Å²) in [7, 11) is 1.68. The van der Waals surface area contributed by atoms with Gasteiger partial charge in [-0.25, -0.2) is 4.79 Å². The van der Waals surface area contributed by atoms with E-state index in [1.54, 1.807) is 31.3 Å². The number of carbonyl (C=O) groups excluding carboxylic acids is 1. The van der Waals surface area contributed by atoms with Crippen molar-refractivity contribution in [1.82, 2.24) is 9.88 Å². The smallest absolute Gasteiger partial charge is 0.255 e. The Morgan fingerprint density at radius 1 is 1.69 bits per heavy atom. The Labute approximate surface area is 75.5 Å². The molecule has 0 fully saturated rings. The van der Waals surface area contributed by atoms with E-state index in [1.165, 1.54) is 4.57 Å². The second-order valence-electron chi connectivity index (χ2n) is 2.59. The first-order valence-electron chi connectivity index (χ1n) is 3.83. The summed E-state index contributed by atoms with van der Waals surface area (Å²) in [5.41, 5.74) is 0.561. The molecule has 0 aromatic carbocycles. The number of rotatable bonds is 3. The van der Waals surface area contributed by atoms with Crippen LogP contribution in [0.3, 0.4) is 0 Å².